The van der Waals surface area contributed by atoms with E-state index in [-0.39, 0.29) is 0 Å². The van der Waals surface area contributed by atoms with Gasteiger partial charge in [0.15, 0.2) is 0 Å². The van der Waals surface area contributed by atoms with Crippen LogP contribution in [-0.2, 0) is 0 Å². The molecule has 2 nitrogen and oxygen atoms in total. The number of carbonyl (C=O) groups excluding carboxylic acids is 1. The zero-order valence-electron chi connectivity index (χ0n) is 5.47. The van der Waals surface area contributed by atoms with Gasteiger partial charge in [0.1, 0.15) is 7.85 Å². The third-order valence-corrected chi connectivity index (χ3v) is 1.32. The maximum atomic E-state index is 10.5. The van der Waals surface area contributed by atoms with Crippen LogP contribution in [0.15, 0.2) is 18.5 Å². The Bertz CT molecular complexity index is 264. The highest BCUT2D eigenvalue weighted by atomic mass is 35.5. The van der Waals surface area contributed by atoms with Crippen LogP contribution in [0.5, 0.6) is 0 Å². The van der Waals surface area contributed by atoms with Crippen molar-refractivity contribution in [3.8, 4) is 0 Å². The Balaban J connectivity index is 3.07. The van der Waals surface area contributed by atoms with Crippen LogP contribution in [0, 0.1) is 0 Å². The van der Waals surface area contributed by atoms with E-state index in [1.165, 1.54) is 6.20 Å². The zero-order valence-corrected chi connectivity index (χ0v) is 6.22. The Morgan fingerprint density at radius 2 is 2.30 bits per heavy atom. The molecule has 0 amide bonds. The Kier molecular flexibility index (Phi) is 2.07. The van der Waals surface area contributed by atoms with E-state index in [4.69, 9.17) is 11.6 Å². The number of carbonyl (C=O) groups is 1. The Morgan fingerprint density at radius 1 is 1.60 bits per heavy atom. The molecule has 1 heterocycles. The molecule has 0 saturated carbocycles. The van der Waals surface area contributed by atoms with Crippen molar-refractivity contribution in [1.29, 1.82) is 0 Å². The molecule has 4 heteroatoms. The van der Waals surface area contributed by atoms with Gasteiger partial charge in [-0.3, -0.25) is 9.78 Å². The van der Waals surface area contributed by atoms with Crippen LogP contribution in [0.4, 0.5) is 0 Å². The average Bonchev–Trinajstić information content (AvgIpc) is 1.88. The molecule has 0 aliphatic carbocycles. The lowest BCUT2D eigenvalue weighted by atomic mass is 9.98. The van der Waals surface area contributed by atoms with Crippen molar-refractivity contribution in [1.82, 2.24) is 4.98 Å². The third-order valence-electron chi connectivity index (χ3n) is 1.10. The summed E-state index contributed by atoms with van der Waals surface area (Å²) in [4.78, 5) is 14.3. The van der Waals surface area contributed by atoms with Crippen LogP contribution >= 0.6 is 11.6 Å². The molecule has 0 N–H and O–H groups in total. The van der Waals surface area contributed by atoms with Gasteiger partial charge in [-0.05, 0) is 11.6 Å². The number of rotatable bonds is 1. The first-order valence-electron chi connectivity index (χ1n) is 2.81. The summed E-state index contributed by atoms with van der Waals surface area (Å²) in [6.07, 6.45) is 3.12. The second-order valence-corrected chi connectivity index (χ2v) is 2.37. The van der Waals surface area contributed by atoms with Crippen LogP contribution < -0.4 is 5.46 Å². The summed E-state index contributed by atoms with van der Waals surface area (Å²) in [5, 5.41) is -0.462. The Morgan fingerprint density at radius 3 is 2.70 bits per heavy atom. The van der Waals surface area contributed by atoms with Gasteiger partial charge in [-0.1, -0.05) is 11.5 Å². The number of halogens is 1. The smallest absolute Gasteiger partial charge is 0.253 e. The highest BCUT2D eigenvalue weighted by Gasteiger charge is 1.99. The van der Waals surface area contributed by atoms with Gasteiger partial charge in [0.25, 0.3) is 5.24 Å². The second-order valence-electron chi connectivity index (χ2n) is 2.02. The fourth-order valence-corrected chi connectivity index (χ4v) is 0.766. The maximum Gasteiger partial charge on any atom is 0.253 e. The van der Waals surface area contributed by atoms with Crippen LogP contribution in [0.1, 0.15) is 10.4 Å². The Hall–Kier alpha value is -0.825. The lowest BCUT2D eigenvalue weighted by Gasteiger charge is -1.92. The largest absolute Gasteiger partial charge is 0.276 e. The van der Waals surface area contributed by atoms with E-state index >= 15 is 0 Å². The van der Waals surface area contributed by atoms with Crippen molar-refractivity contribution < 1.29 is 4.79 Å². The highest BCUT2D eigenvalue weighted by Crippen LogP contribution is 1.97. The van der Waals surface area contributed by atoms with Crippen molar-refractivity contribution in [2.24, 2.45) is 0 Å². The average molecular weight is 153 g/mol. The van der Waals surface area contributed by atoms with E-state index in [1.807, 2.05) is 7.85 Å². The van der Waals surface area contributed by atoms with Crippen LogP contribution in [0.3, 0.4) is 0 Å². The number of hydrogen-bond donors (Lipinski definition) is 0. The first kappa shape index (κ1) is 7.28. The van der Waals surface area contributed by atoms with Gasteiger partial charge in [0.05, 0.1) is 5.56 Å². The normalized spacial score (nSPS) is 9.30. The van der Waals surface area contributed by atoms with Gasteiger partial charge in [0.2, 0.25) is 0 Å². The van der Waals surface area contributed by atoms with E-state index in [0.717, 1.165) is 5.46 Å². The molecule has 1 aromatic heterocycles. The number of pyridine rings is 1. The SMILES string of the molecule is Bc1cncc(C(=O)Cl)c1. The van der Waals surface area contributed by atoms with Crippen molar-refractivity contribution in [2.45, 2.75) is 0 Å². The first-order valence-corrected chi connectivity index (χ1v) is 3.19. The van der Waals surface area contributed by atoms with Gasteiger partial charge in [-0.25, -0.2) is 0 Å². The predicted octanol–water partition coefficient (Wildman–Crippen LogP) is -0.281. The molecule has 50 valence electrons. The maximum absolute atomic E-state index is 10.5. The summed E-state index contributed by atoms with van der Waals surface area (Å²) in [5.74, 6) is 0. The zero-order chi connectivity index (χ0) is 7.56. The van der Waals surface area contributed by atoms with Crippen LogP contribution in [0.2, 0.25) is 0 Å². The highest BCUT2D eigenvalue weighted by molar-refractivity contribution is 6.67. The molecule has 1 aromatic rings. The molecule has 0 radical (unpaired) electrons. The molecule has 10 heavy (non-hydrogen) atoms. The van der Waals surface area contributed by atoms with E-state index < -0.39 is 5.24 Å². The van der Waals surface area contributed by atoms with E-state index in [0.29, 0.717) is 5.56 Å². The molecular formula is C6H5BClNO. The summed E-state index contributed by atoms with van der Waals surface area (Å²) >= 11 is 5.20. The topological polar surface area (TPSA) is 30.0 Å². The summed E-state index contributed by atoms with van der Waals surface area (Å²) in [7, 11) is 1.86. The van der Waals surface area contributed by atoms with Crippen LogP contribution in [-0.4, -0.2) is 18.1 Å². The predicted molar refractivity (Wildman–Crippen MR) is 42.6 cm³/mol. The number of aromatic nitrogens is 1. The Labute approximate surface area is 64.6 Å². The minimum absolute atomic E-state index is 0.446. The van der Waals surface area contributed by atoms with Gasteiger partial charge < -0.3 is 0 Å². The fraction of sp³-hybridized carbons (Fsp3) is 0. The molecule has 0 aromatic carbocycles. The molecule has 0 aliphatic rings. The van der Waals surface area contributed by atoms with Gasteiger partial charge in [-0.2, -0.15) is 0 Å². The van der Waals surface area contributed by atoms with E-state index in [9.17, 15) is 4.79 Å². The lowest BCUT2D eigenvalue weighted by Crippen LogP contribution is -2.05. The van der Waals surface area contributed by atoms with Gasteiger partial charge in [0, 0.05) is 12.4 Å². The fourth-order valence-electron chi connectivity index (χ4n) is 0.662. The molecule has 0 fully saturated rings. The summed E-state index contributed by atoms with van der Waals surface area (Å²) in [6, 6.07) is 1.70. The standard InChI is InChI=1S/C6H5BClNO/c7-5-1-4(6(8)10)2-9-3-5/h1-3H,7H2. The van der Waals surface area contributed by atoms with E-state index in [1.54, 1.807) is 12.3 Å². The van der Waals surface area contributed by atoms with Crippen molar-refractivity contribution >= 4 is 30.2 Å². The van der Waals surface area contributed by atoms with Crippen molar-refractivity contribution in [3.05, 3.63) is 24.0 Å². The second kappa shape index (κ2) is 2.84. The number of hydrogen-bond acceptors (Lipinski definition) is 2. The molecule has 0 spiro atoms. The number of nitrogens with zero attached hydrogens (tertiary/aromatic N) is 1. The molecule has 1 rings (SSSR count). The lowest BCUT2D eigenvalue weighted by molar-refractivity contribution is 0.108. The minimum Gasteiger partial charge on any atom is -0.276 e. The summed E-state index contributed by atoms with van der Waals surface area (Å²) in [5.41, 5.74) is 1.38. The molecule has 0 saturated heterocycles. The van der Waals surface area contributed by atoms with Gasteiger partial charge >= 0.3 is 0 Å². The third kappa shape index (κ3) is 1.58. The minimum atomic E-state index is -0.462. The molecular weight excluding hydrogens is 148 g/mol. The van der Waals surface area contributed by atoms with Gasteiger partial charge in [-0.15, -0.1) is 0 Å². The molecule has 0 aliphatic heterocycles. The van der Waals surface area contributed by atoms with Crippen molar-refractivity contribution in [3.63, 3.8) is 0 Å². The first-order chi connectivity index (χ1) is 4.70. The molecule has 0 bridgehead atoms. The summed E-state index contributed by atoms with van der Waals surface area (Å²) < 4.78 is 0. The van der Waals surface area contributed by atoms with Crippen LogP contribution in [0.25, 0.3) is 0 Å². The quantitative estimate of drug-likeness (QED) is 0.410. The van der Waals surface area contributed by atoms with Crippen molar-refractivity contribution in [2.75, 3.05) is 0 Å². The molecule has 0 unspecified atom stereocenters. The molecule has 0 atom stereocenters. The summed E-state index contributed by atoms with van der Waals surface area (Å²) in [6.45, 7) is 0. The van der Waals surface area contributed by atoms with E-state index in [2.05, 4.69) is 4.98 Å². The monoisotopic (exact) mass is 153 g/mol.